The van der Waals surface area contributed by atoms with E-state index in [4.69, 9.17) is 4.74 Å². The molecule has 3 heteroatoms. The van der Waals surface area contributed by atoms with Crippen LogP contribution in [0.5, 0.6) is 0 Å². The van der Waals surface area contributed by atoms with Crippen molar-refractivity contribution in [2.45, 2.75) is 38.4 Å². The summed E-state index contributed by atoms with van der Waals surface area (Å²) in [6.45, 7) is 3.98. The third-order valence-electron chi connectivity index (χ3n) is 3.22. The van der Waals surface area contributed by atoms with Crippen molar-refractivity contribution >= 4 is 22.6 Å². The van der Waals surface area contributed by atoms with E-state index in [1.54, 1.807) is 7.11 Å². The zero-order chi connectivity index (χ0) is 12.2. The highest BCUT2D eigenvalue weighted by Crippen LogP contribution is 2.22. The molecule has 0 aliphatic heterocycles. The van der Waals surface area contributed by atoms with Crippen molar-refractivity contribution in [3.8, 4) is 0 Å². The summed E-state index contributed by atoms with van der Waals surface area (Å²) in [5.74, 6) is 0. The second-order valence-corrected chi connectivity index (χ2v) is 5.46. The molecule has 0 fully saturated rings. The largest absolute Gasteiger partial charge is 0.390 e. The number of aliphatic hydroxyl groups is 1. The number of rotatable bonds is 5. The molecule has 16 heavy (non-hydrogen) atoms. The highest BCUT2D eigenvalue weighted by atomic mass is 127. The topological polar surface area (TPSA) is 29.5 Å². The summed E-state index contributed by atoms with van der Waals surface area (Å²) in [6, 6.07) is 8.21. The number of hydrogen-bond acceptors (Lipinski definition) is 2. The summed E-state index contributed by atoms with van der Waals surface area (Å²) in [5, 5.41) is 10.2. The van der Waals surface area contributed by atoms with Crippen molar-refractivity contribution < 1.29 is 9.84 Å². The Bertz CT molecular complexity index is 317. The van der Waals surface area contributed by atoms with E-state index in [0.29, 0.717) is 6.42 Å². The van der Waals surface area contributed by atoms with Crippen molar-refractivity contribution in [3.63, 3.8) is 0 Å². The van der Waals surface area contributed by atoms with E-state index < -0.39 is 11.7 Å². The molecule has 2 atom stereocenters. The summed E-state index contributed by atoms with van der Waals surface area (Å²) < 4.78 is 6.60. The highest BCUT2D eigenvalue weighted by molar-refractivity contribution is 14.1. The first-order chi connectivity index (χ1) is 7.51. The molecule has 2 unspecified atom stereocenters. The van der Waals surface area contributed by atoms with Crippen LogP contribution in [-0.2, 0) is 11.2 Å². The molecular formula is C13H19IO2. The van der Waals surface area contributed by atoms with Crippen molar-refractivity contribution in [2.24, 2.45) is 0 Å². The van der Waals surface area contributed by atoms with Gasteiger partial charge >= 0.3 is 0 Å². The van der Waals surface area contributed by atoms with Crippen LogP contribution in [0.4, 0.5) is 0 Å². The van der Waals surface area contributed by atoms with Gasteiger partial charge in [0.05, 0.1) is 11.7 Å². The Morgan fingerprint density at radius 2 is 1.94 bits per heavy atom. The van der Waals surface area contributed by atoms with Gasteiger partial charge in [-0.2, -0.15) is 0 Å². The monoisotopic (exact) mass is 334 g/mol. The molecule has 0 aliphatic rings. The minimum absolute atomic E-state index is 0.455. The van der Waals surface area contributed by atoms with Crippen LogP contribution >= 0.6 is 22.6 Å². The van der Waals surface area contributed by atoms with E-state index in [-0.39, 0.29) is 0 Å². The van der Waals surface area contributed by atoms with Gasteiger partial charge in [-0.05, 0) is 53.6 Å². The average molecular weight is 334 g/mol. The Hall–Kier alpha value is -0.130. The zero-order valence-corrected chi connectivity index (χ0v) is 12.2. The van der Waals surface area contributed by atoms with Crippen LogP contribution in [0, 0.1) is 3.57 Å². The molecule has 0 spiro atoms. The number of aliphatic hydroxyl groups excluding tert-OH is 1. The summed E-state index contributed by atoms with van der Waals surface area (Å²) in [4.78, 5) is 0. The maximum absolute atomic E-state index is 10.2. The minimum atomic E-state index is -0.470. The van der Waals surface area contributed by atoms with Crippen molar-refractivity contribution in [1.82, 2.24) is 0 Å². The van der Waals surface area contributed by atoms with E-state index >= 15 is 0 Å². The van der Waals surface area contributed by atoms with Crippen LogP contribution in [0.1, 0.15) is 25.8 Å². The fraction of sp³-hybridized carbons (Fsp3) is 0.538. The normalized spacial score (nSPS) is 16.8. The predicted molar refractivity (Wildman–Crippen MR) is 74.6 cm³/mol. The van der Waals surface area contributed by atoms with E-state index in [0.717, 1.165) is 12.0 Å². The lowest BCUT2D eigenvalue weighted by Gasteiger charge is -2.32. The van der Waals surface area contributed by atoms with E-state index in [2.05, 4.69) is 46.9 Å². The summed E-state index contributed by atoms with van der Waals surface area (Å²) in [5.41, 5.74) is 0.688. The van der Waals surface area contributed by atoms with Crippen molar-refractivity contribution in [2.75, 3.05) is 7.11 Å². The zero-order valence-electron chi connectivity index (χ0n) is 10.0. The average Bonchev–Trinajstić information content (AvgIpc) is 2.31. The fourth-order valence-corrected chi connectivity index (χ4v) is 1.94. The summed E-state index contributed by atoms with van der Waals surface area (Å²) in [7, 11) is 1.65. The quantitative estimate of drug-likeness (QED) is 0.839. The van der Waals surface area contributed by atoms with Gasteiger partial charge in [0.1, 0.15) is 0 Å². The Morgan fingerprint density at radius 1 is 1.38 bits per heavy atom. The van der Waals surface area contributed by atoms with Crippen molar-refractivity contribution in [1.29, 1.82) is 0 Å². The van der Waals surface area contributed by atoms with Crippen molar-refractivity contribution in [3.05, 3.63) is 33.4 Å². The number of halogens is 1. The van der Waals surface area contributed by atoms with Crippen LogP contribution in [0.25, 0.3) is 0 Å². The van der Waals surface area contributed by atoms with Crippen LogP contribution in [0.2, 0.25) is 0 Å². The molecule has 1 aromatic carbocycles. The smallest absolute Gasteiger partial charge is 0.0909 e. The minimum Gasteiger partial charge on any atom is -0.390 e. The van der Waals surface area contributed by atoms with Gasteiger partial charge in [0.15, 0.2) is 0 Å². The molecule has 1 N–H and O–H groups in total. The summed E-state index contributed by atoms with van der Waals surface area (Å²) in [6.07, 6.45) is 0.965. The molecule has 1 aromatic rings. The SMILES string of the molecule is CCC(C)(OC)C(O)Cc1ccc(I)cc1. The van der Waals surface area contributed by atoms with Gasteiger partial charge in [0.25, 0.3) is 0 Å². The first kappa shape index (κ1) is 13.9. The standard InChI is InChI=1S/C13H19IO2/c1-4-13(2,16-3)12(15)9-10-5-7-11(14)8-6-10/h5-8,12,15H,4,9H2,1-3H3. The first-order valence-corrected chi connectivity index (χ1v) is 6.57. The van der Waals surface area contributed by atoms with Crippen LogP contribution < -0.4 is 0 Å². The van der Waals surface area contributed by atoms with E-state index in [1.165, 1.54) is 3.57 Å². The van der Waals surface area contributed by atoms with E-state index in [1.807, 2.05) is 13.8 Å². The molecule has 0 saturated carbocycles. The predicted octanol–water partition coefficient (Wildman–Crippen LogP) is 3.01. The van der Waals surface area contributed by atoms with Gasteiger partial charge < -0.3 is 9.84 Å². The first-order valence-electron chi connectivity index (χ1n) is 5.49. The van der Waals surface area contributed by atoms with Gasteiger partial charge in [-0.25, -0.2) is 0 Å². The number of hydrogen-bond donors (Lipinski definition) is 1. The molecule has 0 radical (unpaired) electrons. The second-order valence-electron chi connectivity index (χ2n) is 4.22. The van der Waals surface area contributed by atoms with Gasteiger partial charge in [0.2, 0.25) is 0 Å². The molecule has 0 bridgehead atoms. The number of benzene rings is 1. The van der Waals surface area contributed by atoms with Crippen LogP contribution in [0.15, 0.2) is 24.3 Å². The number of ether oxygens (including phenoxy) is 1. The molecule has 0 aliphatic carbocycles. The molecule has 2 nitrogen and oxygen atoms in total. The van der Waals surface area contributed by atoms with Crippen LogP contribution in [0.3, 0.4) is 0 Å². The Morgan fingerprint density at radius 3 is 2.38 bits per heavy atom. The second kappa shape index (κ2) is 5.98. The molecule has 90 valence electrons. The lowest BCUT2D eigenvalue weighted by atomic mass is 9.91. The van der Waals surface area contributed by atoms with Gasteiger partial charge in [0, 0.05) is 17.1 Å². The van der Waals surface area contributed by atoms with E-state index in [9.17, 15) is 5.11 Å². The highest BCUT2D eigenvalue weighted by Gasteiger charge is 2.30. The van der Waals surface area contributed by atoms with Gasteiger partial charge in [-0.3, -0.25) is 0 Å². The summed E-state index contributed by atoms with van der Waals surface area (Å²) >= 11 is 2.27. The third kappa shape index (κ3) is 3.43. The Labute approximate surface area is 111 Å². The van der Waals surface area contributed by atoms with Gasteiger partial charge in [-0.1, -0.05) is 19.1 Å². The fourth-order valence-electron chi connectivity index (χ4n) is 1.58. The maximum atomic E-state index is 10.2. The Kier molecular flexibility index (Phi) is 5.21. The lowest BCUT2D eigenvalue weighted by molar-refractivity contribution is -0.0914. The molecule has 0 heterocycles. The molecule has 1 rings (SSSR count). The maximum Gasteiger partial charge on any atom is 0.0909 e. The molecule has 0 amide bonds. The van der Waals surface area contributed by atoms with Gasteiger partial charge in [-0.15, -0.1) is 0 Å². The Balaban J connectivity index is 2.70. The lowest BCUT2D eigenvalue weighted by Crippen LogP contribution is -2.42. The number of methoxy groups -OCH3 is 1. The third-order valence-corrected chi connectivity index (χ3v) is 3.93. The molecule has 0 aromatic heterocycles. The molecular weight excluding hydrogens is 315 g/mol. The van der Waals surface area contributed by atoms with Crippen LogP contribution in [-0.4, -0.2) is 23.9 Å². The molecule has 0 saturated heterocycles.